The van der Waals surface area contributed by atoms with E-state index in [4.69, 9.17) is 9.47 Å². The highest BCUT2D eigenvalue weighted by molar-refractivity contribution is 7.89. The van der Waals surface area contributed by atoms with E-state index < -0.39 is 10.0 Å². The maximum absolute atomic E-state index is 12.5. The highest BCUT2D eigenvalue weighted by Crippen LogP contribution is 2.22. The molecule has 0 spiro atoms. The summed E-state index contributed by atoms with van der Waals surface area (Å²) in [5.41, 5.74) is 0.518. The van der Waals surface area contributed by atoms with Crippen molar-refractivity contribution in [1.82, 2.24) is 4.31 Å². The van der Waals surface area contributed by atoms with Gasteiger partial charge in [0.1, 0.15) is 11.5 Å². The number of carbonyl (C=O) groups excluding carboxylic acids is 1. The molecule has 1 fully saturated rings. The van der Waals surface area contributed by atoms with Gasteiger partial charge in [-0.1, -0.05) is 19.8 Å². The molecule has 3 rings (SSSR count). The fraction of sp³-hybridized carbons (Fsp3) is 0.435. The van der Waals surface area contributed by atoms with Gasteiger partial charge < -0.3 is 14.8 Å². The second kappa shape index (κ2) is 11.2. The van der Waals surface area contributed by atoms with Crippen molar-refractivity contribution < 1.29 is 22.7 Å². The summed E-state index contributed by atoms with van der Waals surface area (Å²) in [6, 6.07) is 13.4. The number of hydrogen-bond donors (Lipinski definition) is 1. The molecule has 0 unspecified atom stereocenters. The number of nitrogens with zero attached hydrogens (tertiary/aromatic N) is 1. The number of sulfonamides is 1. The number of ether oxygens (including phenoxy) is 2. The van der Waals surface area contributed by atoms with E-state index in [-0.39, 0.29) is 17.4 Å². The minimum Gasteiger partial charge on any atom is -0.494 e. The Morgan fingerprint density at radius 2 is 1.55 bits per heavy atom. The van der Waals surface area contributed by atoms with Gasteiger partial charge in [0, 0.05) is 18.8 Å². The van der Waals surface area contributed by atoms with E-state index in [0.29, 0.717) is 31.1 Å². The average molecular weight is 447 g/mol. The highest BCUT2D eigenvalue weighted by Gasteiger charge is 2.26. The van der Waals surface area contributed by atoms with Crippen LogP contribution in [0.1, 0.15) is 39.0 Å². The van der Waals surface area contributed by atoms with E-state index in [1.54, 1.807) is 24.3 Å². The Balaban J connectivity index is 1.45. The third-order valence-electron chi connectivity index (χ3n) is 5.05. The van der Waals surface area contributed by atoms with E-state index in [1.165, 1.54) is 16.4 Å². The number of benzene rings is 2. The first kappa shape index (κ1) is 23.1. The first-order chi connectivity index (χ1) is 15.0. The van der Waals surface area contributed by atoms with Crippen molar-refractivity contribution >= 4 is 21.6 Å². The minimum absolute atomic E-state index is 0.148. The number of rotatable bonds is 11. The summed E-state index contributed by atoms with van der Waals surface area (Å²) in [5.74, 6) is 1.02. The third-order valence-corrected chi connectivity index (χ3v) is 6.96. The van der Waals surface area contributed by atoms with Gasteiger partial charge in [0.15, 0.2) is 6.61 Å². The van der Waals surface area contributed by atoms with Crippen molar-refractivity contribution in [1.29, 1.82) is 0 Å². The summed E-state index contributed by atoms with van der Waals surface area (Å²) in [4.78, 5) is 12.4. The zero-order chi connectivity index (χ0) is 22.1. The summed E-state index contributed by atoms with van der Waals surface area (Å²) in [6.45, 7) is 3.81. The van der Waals surface area contributed by atoms with Crippen LogP contribution in [0.3, 0.4) is 0 Å². The van der Waals surface area contributed by atoms with Gasteiger partial charge in [-0.25, -0.2) is 8.42 Å². The number of hydrogen-bond acceptors (Lipinski definition) is 5. The van der Waals surface area contributed by atoms with Gasteiger partial charge >= 0.3 is 0 Å². The Morgan fingerprint density at radius 1 is 0.935 bits per heavy atom. The van der Waals surface area contributed by atoms with Gasteiger partial charge in [0.05, 0.1) is 11.5 Å². The van der Waals surface area contributed by atoms with E-state index in [9.17, 15) is 13.2 Å². The van der Waals surface area contributed by atoms with Crippen molar-refractivity contribution in [2.75, 3.05) is 31.6 Å². The second-order valence-corrected chi connectivity index (χ2v) is 9.44. The highest BCUT2D eigenvalue weighted by atomic mass is 32.2. The van der Waals surface area contributed by atoms with Crippen molar-refractivity contribution in [3.8, 4) is 11.5 Å². The molecule has 2 aromatic carbocycles. The molecule has 1 heterocycles. The van der Waals surface area contributed by atoms with Crippen molar-refractivity contribution in [3.63, 3.8) is 0 Å². The molecule has 1 aliphatic rings. The van der Waals surface area contributed by atoms with Gasteiger partial charge in [0.2, 0.25) is 10.0 Å². The summed E-state index contributed by atoms with van der Waals surface area (Å²) in [7, 11) is -3.46. The molecule has 7 nitrogen and oxygen atoms in total. The van der Waals surface area contributed by atoms with Crippen LogP contribution in [0.15, 0.2) is 53.4 Å². The largest absolute Gasteiger partial charge is 0.494 e. The molecule has 1 saturated heterocycles. The van der Waals surface area contributed by atoms with Crippen LogP contribution in [-0.4, -0.2) is 44.9 Å². The summed E-state index contributed by atoms with van der Waals surface area (Å²) in [5, 5.41) is 2.71. The Hall–Kier alpha value is -2.58. The Labute approximate surface area is 184 Å². The summed E-state index contributed by atoms with van der Waals surface area (Å²) >= 11 is 0. The van der Waals surface area contributed by atoms with Gasteiger partial charge in [-0.3, -0.25) is 4.79 Å². The Morgan fingerprint density at radius 3 is 2.16 bits per heavy atom. The van der Waals surface area contributed by atoms with Gasteiger partial charge in [-0.2, -0.15) is 4.31 Å². The van der Waals surface area contributed by atoms with Crippen LogP contribution < -0.4 is 14.8 Å². The standard InChI is InChI=1S/C23H30N2O5S/c1-2-3-6-17-29-20-9-11-21(12-10-20)30-18-23(26)24-19-7-13-22(14-8-19)31(27,28)25-15-4-5-16-25/h7-14H,2-6,15-18H2,1H3,(H,24,26). The predicted octanol–water partition coefficient (Wildman–Crippen LogP) is 4.06. The van der Waals surface area contributed by atoms with Crippen LogP contribution in [-0.2, 0) is 14.8 Å². The average Bonchev–Trinajstić information content (AvgIpc) is 3.32. The molecule has 0 saturated carbocycles. The molecule has 0 radical (unpaired) electrons. The number of nitrogens with one attached hydrogen (secondary N) is 1. The first-order valence-corrected chi connectivity index (χ1v) is 12.2. The molecule has 0 aliphatic carbocycles. The van der Waals surface area contributed by atoms with Crippen molar-refractivity contribution in [3.05, 3.63) is 48.5 Å². The summed E-state index contributed by atoms with van der Waals surface area (Å²) in [6.07, 6.45) is 5.11. The van der Waals surface area contributed by atoms with Crippen LogP contribution in [0.4, 0.5) is 5.69 Å². The molecule has 0 aromatic heterocycles. The zero-order valence-electron chi connectivity index (χ0n) is 17.9. The molecule has 31 heavy (non-hydrogen) atoms. The number of anilines is 1. The smallest absolute Gasteiger partial charge is 0.262 e. The van der Waals surface area contributed by atoms with E-state index in [2.05, 4.69) is 12.2 Å². The monoisotopic (exact) mass is 446 g/mol. The van der Waals surface area contributed by atoms with Crippen LogP contribution >= 0.6 is 0 Å². The van der Waals surface area contributed by atoms with Crippen LogP contribution in [0.2, 0.25) is 0 Å². The Bertz CT molecular complexity index is 937. The SMILES string of the molecule is CCCCCOc1ccc(OCC(=O)Nc2ccc(S(=O)(=O)N3CCCC3)cc2)cc1. The van der Waals surface area contributed by atoms with Gasteiger partial charge in [-0.15, -0.1) is 0 Å². The maximum atomic E-state index is 12.5. The molecule has 168 valence electrons. The summed E-state index contributed by atoms with van der Waals surface area (Å²) < 4.78 is 37.8. The molecule has 0 atom stereocenters. The van der Waals surface area contributed by atoms with Gasteiger partial charge in [-0.05, 0) is 67.8 Å². The molecule has 1 amide bonds. The van der Waals surface area contributed by atoms with Crippen LogP contribution in [0.5, 0.6) is 11.5 Å². The molecule has 8 heteroatoms. The molecule has 0 bridgehead atoms. The normalized spacial score (nSPS) is 14.4. The molecule has 1 aliphatic heterocycles. The van der Waals surface area contributed by atoms with Crippen LogP contribution in [0.25, 0.3) is 0 Å². The fourth-order valence-electron chi connectivity index (χ4n) is 3.31. The second-order valence-electron chi connectivity index (χ2n) is 7.50. The van der Waals surface area contributed by atoms with E-state index in [0.717, 1.165) is 37.9 Å². The molecule has 1 N–H and O–H groups in total. The Kier molecular flexibility index (Phi) is 8.31. The fourth-order valence-corrected chi connectivity index (χ4v) is 4.82. The molecular formula is C23H30N2O5S. The third kappa shape index (κ3) is 6.70. The van der Waals surface area contributed by atoms with E-state index >= 15 is 0 Å². The lowest BCUT2D eigenvalue weighted by Gasteiger charge is -2.15. The first-order valence-electron chi connectivity index (χ1n) is 10.7. The lowest BCUT2D eigenvalue weighted by atomic mass is 10.3. The minimum atomic E-state index is -3.46. The number of carbonyl (C=O) groups is 1. The van der Waals surface area contributed by atoms with E-state index in [1.807, 2.05) is 12.1 Å². The zero-order valence-corrected chi connectivity index (χ0v) is 18.7. The molecule has 2 aromatic rings. The molecular weight excluding hydrogens is 416 g/mol. The van der Waals surface area contributed by atoms with Crippen molar-refractivity contribution in [2.24, 2.45) is 0 Å². The maximum Gasteiger partial charge on any atom is 0.262 e. The lowest BCUT2D eigenvalue weighted by molar-refractivity contribution is -0.118. The number of amides is 1. The van der Waals surface area contributed by atoms with Crippen LogP contribution in [0, 0.1) is 0 Å². The van der Waals surface area contributed by atoms with Gasteiger partial charge in [0.25, 0.3) is 5.91 Å². The number of unbranched alkanes of at least 4 members (excludes halogenated alkanes) is 2. The predicted molar refractivity (Wildman–Crippen MR) is 120 cm³/mol. The van der Waals surface area contributed by atoms with Crippen molar-refractivity contribution in [2.45, 2.75) is 43.9 Å². The lowest BCUT2D eigenvalue weighted by Crippen LogP contribution is -2.27. The topological polar surface area (TPSA) is 84.9 Å². The quantitative estimate of drug-likeness (QED) is 0.526.